The molecule has 4 amide bonds. The van der Waals surface area contributed by atoms with Gasteiger partial charge in [0.25, 0.3) is 0 Å². The molecule has 0 atom stereocenters. The highest BCUT2D eigenvalue weighted by Crippen LogP contribution is 2.17. The molecule has 1 aromatic carbocycles. The fourth-order valence-corrected chi connectivity index (χ4v) is 3.41. The Morgan fingerprint density at radius 2 is 1.73 bits per heavy atom. The lowest BCUT2D eigenvalue weighted by Crippen LogP contribution is -2.37. The van der Waals surface area contributed by atoms with Crippen molar-refractivity contribution in [3.05, 3.63) is 57.3 Å². The summed E-state index contributed by atoms with van der Waals surface area (Å²) < 4.78 is 0. The van der Waals surface area contributed by atoms with E-state index in [4.69, 9.17) is 0 Å². The molecule has 0 aliphatic carbocycles. The van der Waals surface area contributed by atoms with Crippen LogP contribution in [0.1, 0.15) is 26.4 Å². The molecule has 134 valence electrons. The lowest BCUT2D eigenvalue weighted by atomic mass is 10.0. The van der Waals surface area contributed by atoms with Gasteiger partial charge in [-0.3, -0.25) is 19.3 Å². The monoisotopic (exact) mass is 370 g/mol. The molecule has 1 aliphatic rings. The largest absolute Gasteiger partial charge is 0.334 e. The number of thiophene rings is 1. The van der Waals surface area contributed by atoms with Gasteiger partial charge in [-0.15, -0.1) is 11.3 Å². The van der Waals surface area contributed by atoms with Crippen molar-refractivity contribution < 1.29 is 19.2 Å². The Morgan fingerprint density at radius 1 is 1.00 bits per heavy atom. The summed E-state index contributed by atoms with van der Waals surface area (Å²) in [4.78, 5) is 51.8. The number of urea groups is 1. The third-order valence-corrected chi connectivity index (χ3v) is 5.36. The van der Waals surface area contributed by atoms with Gasteiger partial charge in [0.15, 0.2) is 5.78 Å². The minimum Gasteiger partial charge on any atom is -0.292 e. The van der Waals surface area contributed by atoms with E-state index in [9.17, 15) is 19.2 Å². The van der Waals surface area contributed by atoms with Crippen LogP contribution in [0.4, 0.5) is 4.79 Å². The van der Waals surface area contributed by atoms with Gasteiger partial charge in [0, 0.05) is 23.4 Å². The first kappa shape index (κ1) is 18.0. The Kier molecular flexibility index (Phi) is 4.99. The third kappa shape index (κ3) is 3.43. The lowest BCUT2D eigenvalue weighted by molar-refractivity contribution is -0.143. The predicted octanol–water partition coefficient (Wildman–Crippen LogP) is 2.58. The van der Waals surface area contributed by atoms with Gasteiger partial charge in [-0.05, 0) is 42.5 Å². The SMILES string of the molecule is Cc1ccc(C(=O)CN2C(=O)C(=O)N(CCc3cccs3)C2=O)cc1C. The van der Waals surface area contributed by atoms with Crippen LogP contribution >= 0.6 is 11.3 Å². The Bertz CT molecular complexity index is 889. The second kappa shape index (κ2) is 7.21. The summed E-state index contributed by atoms with van der Waals surface area (Å²) in [5, 5.41) is 1.91. The molecule has 2 heterocycles. The summed E-state index contributed by atoms with van der Waals surface area (Å²) in [7, 11) is 0. The average Bonchev–Trinajstić information content (AvgIpc) is 3.20. The van der Waals surface area contributed by atoms with Crippen molar-refractivity contribution in [2.45, 2.75) is 20.3 Å². The molecular weight excluding hydrogens is 352 g/mol. The fraction of sp³-hybridized carbons (Fsp3) is 0.263. The highest BCUT2D eigenvalue weighted by molar-refractivity contribution is 7.09. The maximum absolute atomic E-state index is 12.4. The number of aryl methyl sites for hydroxylation is 2. The van der Waals surface area contributed by atoms with Crippen molar-refractivity contribution in [2.75, 3.05) is 13.1 Å². The van der Waals surface area contributed by atoms with Crippen molar-refractivity contribution in [2.24, 2.45) is 0 Å². The molecule has 1 saturated heterocycles. The minimum absolute atomic E-state index is 0.123. The van der Waals surface area contributed by atoms with E-state index < -0.39 is 24.4 Å². The van der Waals surface area contributed by atoms with Crippen LogP contribution in [0.2, 0.25) is 0 Å². The fourth-order valence-electron chi connectivity index (χ4n) is 2.71. The summed E-state index contributed by atoms with van der Waals surface area (Å²) in [5.74, 6) is -2.19. The van der Waals surface area contributed by atoms with Crippen molar-refractivity contribution in [3.8, 4) is 0 Å². The molecule has 1 aromatic heterocycles. The van der Waals surface area contributed by atoms with Gasteiger partial charge in [-0.1, -0.05) is 18.2 Å². The van der Waals surface area contributed by atoms with E-state index in [1.165, 1.54) is 11.3 Å². The van der Waals surface area contributed by atoms with Crippen molar-refractivity contribution >= 4 is 35.0 Å². The molecule has 1 fully saturated rings. The van der Waals surface area contributed by atoms with Crippen molar-refractivity contribution in [1.82, 2.24) is 9.80 Å². The van der Waals surface area contributed by atoms with E-state index in [-0.39, 0.29) is 12.3 Å². The minimum atomic E-state index is -0.946. The zero-order valence-electron chi connectivity index (χ0n) is 14.5. The molecule has 0 unspecified atom stereocenters. The first-order chi connectivity index (χ1) is 12.4. The Morgan fingerprint density at radius 3 is 2.38 bits per heavy atom. The number of hydrogen-bond donors (Lipinski definition) is 0. The number of imide groups is 2. The van der Waals surface area contributed by atoms with E-state index in [0.717, 1.165) is 25.8 Å². The van der Waals surface area contributed by atoms with Gasteiger partial charge in [0.2, 0.25) is 0 Å². The van der Waals surface area contributed by atoms with Gasteiger partial charge >= 0.3 is 17.8 Å². The maximum atomic E-state index is 12.4. The van der Waals surface area contributed by atoms with Crippen LogP contribution in [0.25, 0.3) is 0 Å². The number of rotatable bonds is 6. The number of nitrogens with zero attached hydrogens (tertiary/aromatic N) is 2. The molecule has 6 nitrogen and oxygen atoms in total. The van der Waals surface area contributed by atoms with Gasteiger partial charge < -0.3 is 0 Å². The Hall–Kier alpha value is -2.80. The second-order valence-corrected chi connectivity index (χ2v) is 7.21. The normalized spacial score (nSPS) is 14.5. The van der Waals surface area contributed by atoms with Crippen LogP contribution in [0, 0.1) is 13.8 Å². The average molecular weight is 370 g/mol. The van der Waals surface area contributed by atoms with Gasteiger partial charge in [0.05, 0.1) is 6.54 Å². The Labute approximate surface area is 155 Å². The van der Waals surface area contributed by atoms with Crippen LogP contribution in [0.15, 0.2) is 35.7 Å². The molecule has 26 heavy (non-hydrogen) atoms. The molecule has 0 spiro atoms. The highest BCUT2D eigenvalue weighted by Gasteiger charge is 2.44. The predicted molar refractivity (Wildman–Crippen MR) is 97.1 cm³/mol. The molecule has 7 heteroatoms. The number of hydrogen-bond acceptors (Lipinski definition) is 5. The highest BCUT2D eigenvalue weighted by atomic mass is 32.1. The number of amides is 4. The zero-order chi connectivity index (χ0) is 18.8. The molecule has 2 aromatic rings. The maximum Gasteiger partial charge on any atom is 0.334 e. The summed E-state index contributed by atoms with van der Waals surface area (Å²) in [5.41, 5.74) is 2.41. The zero-order valence-corrected chi connectivity index (χ0v) is 15.3. The first-order valence-electron chi connectivity index (χ1n) is 8.18. The van der Waals surface area contributed by atoms with Crippen LogP contribution in [0.3, 0.4) is 0 Å². The number of carbonyl (C=O) groups excluding carboxylic acids is 4. The van der Waals surface area contributed by atoms with E-state index in [1.54, 1.807) is 12.1 Å². The quantitative estimate of drug-likeness (QED) is 0.445. The van der Waals surface area contributed by atoms with Gasteiger partial charge in [-0.25, -0.2) is 9.69 Å². The summed E-state index contributed by atoms with van der Waals surface area (Å²) in [6, 6.07) is 8.25. The number of Topliss-reactive ketones (excluding diaryl/α,β-unsaturated/α-hetero) is 1. The van der Waals surface area contributed by atoms with E-state index in [1.807, 2.05) is 37.4 Å². The molecule has 3 rings (SSSR count). The summed E-state index contributed by atoms with van der Waals surface area (Å²) in [6.07, 6.45) is 0.487. The van der Waals surface area contributed by atoms with E-state index in [0.29, 0.717) is 12.0 Å². The standard InChI is InChI=1S/C19H18N2O4S/c1-12-5-6-14(10-13(12)2)16(22)11-21-18(24)17(23)20(19(21)25)8-7-15-4-3-9-26-15/h3-6,9-10H,7-8,11H2,1-2H3. The van der Waals surface area contributed by atoms with Crippen LogP contribution in [-0.2, 0) is 16.0 Å². The van der Waals surface area contributed by atoms with Crippen LogP contribution in [-0.4, -0.2) is 46.5 Å². The second-order valence-electron chi connectivity index (χ2n) is 6.18. The van der Waals surface area contributed by atoms with Gasteiger partial charge in [0.1, 0.15) is 0 Å². The van der Waals surface area contributed by atoms with Gasteiger partial charge in [-0.2, -0.15) is 0 Å². The van der Waals surface area contributed by atoms with Crippen LogP contribution < -0.4 is 0 Å². The number of benzene rings is 1. The smallest absolute Gasteiger partial charge is 0.292 e. The summed E-state index contributed by atoms with van der Waals surface area (Å²) in [6.45, 7) is 3.51. The molecule has 1 aliphatic heterocycles. The molecular formula is C19H18N2O4S. The van der Waals surface area contributed by atoms with E-state index in [2.05, 4.69) is 0 Å². The van der Waals surface area contributed by atoms with Crippen molar-refractivity contribution in [1.29, 1.82) is 0 Å². The number of carbonyl (C=O) groups is 4. The summed E-state index contributed by atoms with van der Waals surface area (Å²) >= 11 is 1.52. The molecule has 0 saturated carbocycles. The Balaban J connectivity index is 1.70. The number of ketones is 1. The molecule has 0 radical (unpaired) electrons. The first-order valence-corrected chi connectivity index (χ1v) is 9.06. The molecule has 0 N–H and O–H groups in total. The lowest BCUT2D eigenvalue weighted by Gasteiger charge is -2.15. The topological polar surface area (TPSA) is 74.8 Å². The van der Waals surface area contributed by atoms with Crippen molar-refractivity contribution in [3.63, 3.8) is 0 Å². The third-order valence-electron chi connectivity index (χ3n) is 4.43. The van der Waals surface area contributed by atoms with Crippen LogP contribution in [0.5, 0.6) is 0 Å². The van der Waals surface area contributed by atoms with E-state index >= 15 is 0 Å². The molecule has 0 bridgehead atoms.